The van der Waals surface area contributed by atoms with Crippen LogP contribution in [0.3, 0.4) is 0 Å². The molecule has 146 valence electrons. The molecule has 0 aliphatic heterocycles. The summed E-state index contributed by atoms with van der Waals surface area (Å²) in [6, 6.07) is 0. The van der Waals surface area contributed by atoms with Crippen LogP contribution in [0.15, 0.2) is 0 Å². The van der Waals surface area contributed by atoms with Crippen LogP contribution in [0.1, 0.15) is 52.5 Å². The van der Waals surface area contributed by atoms with Crippen molar-refractivity contribution < 1.29 is 9.53 Å². The lowest BCUT2D eigenvalue weighted by Gasteiger charge is -2.18. The Bertz CT molecular complexity index is 885. The number of nitrogens with zero attached hydrogens (tertiary/aromatic N) is 2. The lowest BCUT2D eigenvalue weighted by Crippen LogP contribution is -2.21. The van der Waals surface area contributed by atoms with E-state index < -0.39 is 0 Å². The highest BCUT2D eigenvalue weighted by Gasteiger charge is 2.28. The van der Waals surface area contributed by atoms with Crippen LogP contribution in [0, 0.1) is 19.8 Å². The molecule has 0 aromatic carbocycles. The summed E-state index contributed by atoms with van der Waals surface area (Å²) in [6.45, 7) is 9.07. The second kappa shape index (κ2) is 7.98. The first-order valence-electron chi connectivity index (χ1n) is 9.20. The van der Waals surface area contributed by atoms with E-state index in [9.17, 15) is 4.79 Å². The van der Waals surface area contributed by atoms with Gasteiger partial charge in [-0.05, 0) is 63.7 Å². The van der Waals surface area contributed by atoms with Gasteiger partial charge < -0.3 is 15.4 Å². The topological polar surface area (TPSA) is 68.2 Å². The molecule has 8 heteroatoms. The number of thiophene rings is 1. The molecule has 1 aliphatic rings. The molecule has 2 aromatic rings. The minimum atomic E-state index is -0.307. The lowest BCUT2D eigenvalue weighted by molar-refractivity contribution is 0.0601. The molecule has 0 saturated carbocycles. The van der Waals surface area contributed by atoms with E-state index in [1.807, 2.05) is 18.5 Å². The van der Waals surface area contributed by atoms with E-state index in [-0.39, 0.29) is 5.97 Å². The van der Waals surface area contributed by atoms with E-state index in [1.54, 1.807) is 11.3 Å². The number of fused-ring (bicyclic) bond motifs is 1. The van der Waals surface area contributed by atoms with Crippen LogP contribution >= 0.6 is 23.6 Å². The molecule has 2 heterocycles. The molecular formula is C19H26N4O2S2. The molecule has 0 amide bonds. The predicted molar refractivity (Wildman–Crippen MR) is 114 cm³/mol. The number of hydrogen-bond acceptors (Lipinski definition) is 5. The number of ether oxygens (including phenoxy) is 1. The zero-order valence-electron chi connectivity index (χ0n) is 16.4. The van der Waals surface area contributed by atoms with Gasteiger partial charge in [-0.25, -0.2) is 4.79 Å². The summed E-state index contributed by atoms with van der Waals surface area (Å²) in [5.41, 5.74) is 4.58. The zero-order valence-corrected chi connectivity index (χ0v) is 18.1. The van der Waals surface area contributed by atoms with Gasteiger partial charge in [-0.15, -0.1) is 11.3 Å². The van der Waals surface area contributed by atoms with Crippen molar-refractivity contribution in [3.05, 3.63) is 27.4 Å². The quantitative estimate of drug-likeness (QED) is 0.583. The van der Waals surface area contributed by atoms with E-state index in [2.05, 4.69) is 29.6 Å². The lowest BCUT2D eigenvalue weighted by atomic mass is 9.88. The van der Waals surface area contributed by atoms with Crippen molar-refractivity contribution >= 4 is 45.3 Å². The number of nitrogens with one attached hydrogen (secondary N) is 2. The minimum absolute atomic E-state index is 0.307. The second-order valence-corrected chi connectivity index (χ2v) is 8.50. The number of carbonyl (C=O) groups excluding carboxylic acids is 1. The average molecular weight is 407 g/mol. The van der Waals surface area contributed by atoms with E-state index in [0.29, 0.717) is 16.6 Å². The third-order valence-corrected chi connectivity index (χ3v) is 6.42. The van der Waals surface area contributed by atoms with Gasteiger partial charge in [0.2, 0.25) is 0 Å². The number of aromatic nitrogens is 2. The van der Waals surface area contributed by atoms with Gasteiger partial charge in [-0.3, -0.25) is 4.68 Å². The predicted octanol–water partition coefficient (Wildman–Crippen LogP) is 4.30. The summed E-state index contributed by atoms with van der Waals surface area (Å²) in [4.78, 5) is 13.7. The number of hydrogen-bond donors (Lipinski definition) is 2. The largest absolute Gasteiger partial charge is 0.465 e. The number of anilines is 2. The number of aryl methyl sites for hydroxylation is 2. The standard InChI is InChI=1S/C19H26N4O2S2/c1-6-23-12(4)16(11(3)22-23)20-19(26)21-17-15(18(24)25-5)13-8-7-10(2)9-14(13)27-17/h10H,6-9H2,1-5H3,(H2,20,21,26)/t10-/m1/s1. The molecule has 1 aliphatic carbocycles. The molecule has 0 saturated heterocycles. The zero-order chi connectivity index (χ0) is 19.7. The maximum atomic E-state index is 12.4. The van der Waals surface area contributed by atoms with Crippen LogP contribution in [0.2, 0.25) is 0 Å². The Morgan fingerprint density at radius 1 is 1.41 bits per heavy atom. The van der Waals surface area contributed by atoms with Crippen LogP contribution in [0.25, 0.3) is 0 Å². The van der Waals surface area contributed by atoms with Gasteiger partial charge in [0, 0.05) is 11.4 Å². The average Bonchev–Trinajstić information content (AvgIpc) is 3.11. The van der Waals surface area contributed by atoms with Crippen molar-refractivity contribution in [1.29, 1.82) is 0 Å². The van der Waals surface area contributed by atoms with Crippen molar-refractivity contribution in [2.75, 3.05) is 17.7 Å². The Hall–Kier alpha value is -1.93. The maximum Gasteiger partial charge on any atom is 0.341 e. The molecule has 2 aromatic heterocycles. The summed E-state index contributed by atoms with van der Waals surface area (Å²) in [6.07, 6.45) is 2.98. The van der Waals surface area contributed by atoms with Gasteiger partial charge in [-0.2, -0.15) is 5.10 Å². The van der Waals surface area contributed by atoms with E-state index >= 15 is 0 Å². The van der Waals surface area contributed by atoms with Crippen LogP contribution in [-0.4, -0.2) is 28.0 Å². The molecule has 2 N–H and O–H groups in total. The molecule has 0 unspecified atom stereocenters. The van der Waals surface area contributed by atoms with Crippen molar-refractivity contribution in [2.24, 2.45) is 5.92 Å². The summed E-state index contributed by atoms with van der Waals surface area (Å²) in [5.74, 6) is 0.322. The van der Waals surface area contributed by atoms with Crippen LogP contribution in [0.5, 0.6) is 0 Å². The molecule has 27 heavy (non-hydrogen) atoms. The van der Waals surface area contributed by atoms with Crippen molar-refractivity contribution in [1.82, 2.24) is 9.78 Å². The van der Waals surface area contributed by atoms with E-state index in [0.717, 1.165) is 53.4 Å². The van der Waals surface area contributed by atoms with Crippen molar-refractivity contribution in [3.8, 4) is 0 Å². The van der Waals surface area contributed by atoms with Crippen LogP contribution in [0.4, 0.5) is 10.7 Å². The number of thiocarbonyl (C=S) groups is 1. The summed E-state index contributed by atoms with van der Waals surface area (Å²) < 4.78 is 6.97. The summed E-state index contributed by atoms with van der Waals surface area (Å²) in [5, 5.41) is 12.2. The smallest absolute Gasteiger partial charge is 0.341 e. The first kappa shape index (κ1) is 19.8. The number of carbonyl (C=O) groups is 1. The fourth-order valence-electron chi connectivity index (χ4n) is 3.59. The van der Waals surface area contributed by atoms with Crippen molar-refractivity contribution in [3.63, 3.8) is 0 Å². The normalized spacial score (nSPS) is 16.0. The maximum absolute atomic E-state index is 12.4. The Morgan fingerprint density at radius 3 is 2.78 bits per heavy atom. The molecule has 0 fully saturated rings. The molecule has 3 rings (SSSR count). The first-order valence-corrected chi connectivity index (χ1v) is 10.4. The third kappa shape index (κ3) is 3.87. The van der Waals surface area contributed by atoms with Gasteiger partial charge >= 0.3 is 5.97 Å². The molecular weight excluding hydrogens is 380 g/mol. The Kier molecular flexibility index (Phi) is 5.86. The van der Waals surface area contributed by atoms with Gasteiger partial charge in [0.25, 0.3) is 0 Å². The first-order chi connectivity index (χ1) is 12.8. The molecule has 0 spiro atoms. The fraction of sp³-hybridized carbons (Fsp3) is 0.526. The van der Waals surface area contributed by atoms with Crippen LogP contribution in [-0.2, 0) is 24.1 Å². The number of methoxy groups -OCH3 is 1. The summed E-state index contributed by atoms with van der Waals surface area (Å²) in [7, 11) is 1.42. The Labute approximate surface area is 169 Å². The van der Waals surface area contributed by atoms with Crippen molar-refractivity contribution in [2.45, 2.75) is 53.5 Å². The SMILES string of the molecule is CCn1nc(C)c(NC(=S)Nc2sc3c(c2C(=O)OC)CC[C@@H](C)C3)c1C. The van der Waals surface area contributed by atoms with Gasteiger partial charge in [0.15, 0.2) is 5.11 Å². The highest BCUT2D eigenvalue weighted by molar-refractivity contribution is 7.80. The Balaban J connectivity index is 1.86. The van der Waals surface area contributed by atoms with Gasteiger partial charge in [0.05, 0.1) is 29.7 Å². The minimum Gasteiger partial charge on any atom is -0.465 e. The third-order valence-electron chi connectivity index (χ3n) is 5.05. The fourth-order valence-corrected chi connectivity index (χ4v) is 5.26. The second-order valence-electron chi connectivity index (χ2n) is 6.99. The Morgan fingerprint density at radius 2 is 2.15 bits per heavy atom. The molecule has 6 nitrogen and oxygen atoms in total. The van der Waals surface area contributed by atoms with Gasteiger partial charge in [-0.1, -0.05) is 6.92 Å². The van der Waals surface area contributed by atoms with Gasteiger partial charge in [0.1, 0.15) is 5.00 Å². The molecule has 0 bridgehead atoms. The van der Waals surface area contributed by atoms with Crippen LogP contribution < -0.4 is 10.6 Å². The highest BCUT2D eigenvalue weighted by atomic mass is 32.1. The monoisotopic (exact) mass is 406 g/mol. The highest BCUT2D eigenvalue weighted by Crippen LogP contribution is 2.40. The number of rotatable bonds is 4. The number of esters is 1. The van der Waals surface area contributed by atoms with E-state index in [4.69, 9.17) is 17.0 Å². The molecule has 0 radical (unpaired) electrons. The summed E-state index contributed by atoms with van der Waals surface area (Å²) >= 11 is 7.13. The molecule has 1 atom stereocenters. The van der Waals surface area contributed by atoms with E-state index in [1.165, 1.54) is 12.0 Å².